The van der Waals surface area contributed by atoms with Crippen molar-refractivity contribution in [3.63, 3.8) is 0 Å². The monoisotopic (exact) mass is 357 g/mol. The lowest BCUT2D eigenvalue weighted by atomic mass is 10.1. The molecular formula is C21H15N3O3. The topological polar surface area (TPSA) is 78.2 Å². The normalized spacial score (nSPS) is 10.7. The van der Waals surface area contributed by atoms with Crippen LogP contribution in [0.2, 0.25) is 0 Å². The average molecular weight is 357 g/mol. The number of hydrogen-bond acceptors (Lipinski definition) is 5. The molecule has 0 atom stereocenters. The zero-order valence-electron chi connectivity index (χ0n) is 14.3. The second-order valence-electron chi connectivity index (χ2n) is 5.98. The fourth-order valence-electron chi connectivity index (χ4n) is 2.70. The van der Waals surface area contributed by atoms with Gasteiger partial charge in [-0.05, 0) is 54.1 Å². The van der Waals surface area contributed by atoms with Crippen molar-refractivity contribution in [2.75, 3.05) is 0 Å². The predicted molar refractivity (Wildman–Crippen MR) is 102 cm³/mol. The van der Waals surface area contributed by atoms with Crippen LogP contribution in [-0.2, 0) is 6.61 Å². The SMILES string of the molecule is O=[N+]([O-])c1ccc(COc2ccc(-c3cnc4ccccc4n3)cc2)cc1. The summed E-state index contributed by atoms with van der Waals surface area (Å²) in [5, 5.41) is 10.7. The van der Waals surface area contributed by atoms with E-state index in [1.807, 2.05) is 48.5 Å². The molecule has 0 amide bonds. The number of para-hydroxylation sites is 2. The van der Waals surface area contributed by atoms with E-state index in [1.165, 1.54) is 12.1 Å². The van der Waals surface area contributed by atoms with Gasteiger partial charge in [0.1, 0.15) is 12.4 Å². The van der Waals surface area contributed by atoms with Crippen LogP contribution in [0, 0.1) is 10.1 Å². The maximum atomic E-state index is 10.7. The molecule has 0 saturated carbocycles. The molecule has 4 rings (SSSR count). The number of non-ortho nitro benzene ring substituents is 1. The van der Waals surface area contributed by atoms with Gasteiger partial charge in [0.2, 0.25) is 0 Å². The van der Waals surface area contributed by atoms with Crippen LogP contribution in [0.15, 0.2) is 79.0 Å². The number of benzene rings is 3. The van der Waals surface area contributed by atoms with Gasteiger partial charge in [0.15, 0.2) is 0 Å². The lowest BCUT2D eigenvalue weighted by molar-refractivity contribution is -0.384. The first kappa shape index (κ1) is 16.7. The Bertz CT molecular complexity index is 1090. The van der Waals surface area contributed by atoms with Crippen LogP contribution >= 0.6 is 0 Å². The van der Waals surface area contributed by atoms with E-state index in [1.54, 1.807) is 18.3 Å². The maximum absolute atomic E-state index is 10.7. The molecule has 0 fully saturated rings. The van der Waals surface area contributed by atoms with E-state index >= 15 is 0 Å². The number of fused-ring (bicyclic) bond motifs is 1. The van der Waals surface area contributed by atoms with Crippen molar-refractivity contribution >= 4 is 16.7 Å². The van der Waals surface area contributed by atoms with Gasteiger partial charge in [-0.15, -0.1) is 0 Å². The highest BCUT2D eigenvalue weighted by Crippen LogP contribution is 2.23. The predicted octanol–water partition coefficient (Wildman–Crippen LogP) is 4.78. The van der Waals surface area contributed by atoms with Crippen molar-refractivity contribution < 1.29 is 9.66 Å². The molecule has 0 unspecified atom stereocenters. The molecule has 0 aliphatic carbocycles. The summed E-state index contributed by atoms with van der Waals surface area (Å²) in [7, 11) is 0. The highest BCUT2D eigenvalue weighted by molar-refractivity contribution is 5.76. The molecule has 1 aromatic heterocycles. The van der Waals surface area contributed by atoms with Crippen LogP contribution in [-0.4, -0.2) is 14.9 Å². The summed E-state index contributed by atoms with van der Waals surface area (Å²) in [6.45, 7) is 0.340. The Hall–Kier alpha value is -3.80. The van der Waals surface area contributed by atoms with E-state index in [0.29, 0.717) is 12.4 Å². The first-order valence-electron chi connectivity index (χ1n) is 8.37. The molecule has 0 saturated heterocycles. The molecule has 4 aromatic rings. The number of rotatable bonds is 5. The van der Waals surface area contributed by atoms with Gasteiger partial charge < -0.3 is 4.74 Å². The third-order valence-corrected chi connectivity index (χ3v) is 4.15. The molecule has 6 heteroatoms. The van der Waals surface area contributed by atoms with Crippen molar-refractivity contribution in [3.05, 3.63) is 94.7 Å². The molecule has 27 heavy (non-hydrogen) atoms. The van der Waals surface area contributed by atoms with Crippen LogP contribution < -0.4 is 4.74 Å². The number of nitro groups is 1. The lowest BCUT2D eigenvalue weighted by Gasteiger charge is -2.08. The highest BCUT2D eigenvalue weighted by Gasteiger charge is 2.05. The Balaban J connectivity index is 1.45. The molecule has 0 N–H and O–H groups in total. The quantitative estimate of drug-likeness (QED) is 0.379. The Kier molecular flexibility index (Phi) is 4.45. The van der Waals surface area contributed by atoms with E-state index in [0.717, 1.165) is 27.9 Å². The molecule has 0 spiro atoms. The summed E-state index contributed by atoms with van der Waals surface area (Å²) in [6.07, 6.45) is 1.76. The average Bonchev–Trinajstić information content (AvgIpc) is 2.72. The van der Waals surface area contributed by atoms with E-state index in [9.17, 15) is 10.1 Å². The molecule has 132 valence electrons. The molecule has 0 radical (unpaired) electrons. The lowest BCUT2D eigenvalue weighted by Crippen LogP contribution is -1.96. The van der Waals surface area contributed by atoms with E-state index in [4.69, 9.17) is 4.74 Å². The summed E-state index contributed by atoms with van der Waals surface area (Å²) in [5.74, 6) is 0.714. The van der Waals surface area contributed by atoms with Gasteiger partial charge in [-0.2, -0.15) is 0 Å². The largest absolute Gasteiger partial charge is 0.489 e. The molecule has 6 nitrogen and oxygen atoms in total. The Labute approximate surface area is 155 Å². The van der Waals surface area contributed by atoms with Crippen LogP contribution in [0.25, 0.3) is 22.3 Å². The Morgan fingerprint density at radius 3 is 2.30 bits per heavy atom. The van der Waals surface area contributed by atoms with Gasteiger partial charge in [-0.1, -0.05) is 12.1 Å². The number of nitrogens with zero attached hydrogens (tertiary/aromatic N) is 3. The summed E-state index contributed by atoms with van der Waals surface area (Å²) in [4.78, 5) is 19.3. The Morgan fingerprint density at radius 2 is 1.59 bits per heavy atom. The van der Waals surface area contributed by atoms with Gasteiger partial charge in [0.05, 0.1) is 27.8 Å². The minimum absolute atomic E-state index is 0.0691. The number of hydrogen-bond donors (Lipinski definition) is 0. The molecule has 0 bridgehead atoms. The molecule has 0 aliphatic rings. The van der Waals surface area contributed by atoms with E-state index in [2.05, 4.69) is 9.97 Å². The zero-order valence-corrected chi connectivity index (χ0v) is 14.3. The molecular weight excluding hydrogens is 342 g/mol. The minimum Gasteiger partial charge on any atom is -0.489 e. The van der Waals surface area contributed by atoms with Gasteiger partial charge in [-0.3, -0.25) is 15.1 Å². The third-order valence-electron chi connectivity index (χ3n) is 4.15. The van der Waals surface area contributed by atoms with Crippen LogP contribution in [0.4, 0.5) is 5.69 Å². The zero-order chi connectivity index (χ0) is 18.6. The fourth-order valence-corrected chi connectivity index (χ4v) is 2.70. The fraction of sp³-hybridized carbons (Fsp3) is 0.0476. The second kappa shape index (κ2) is 7.21. The second-order valence-corrected chi connectivity index (χ2v) is 5.98. The van der Waals surface area contributed by atoms with Gasteiger partial charge >= 0.3 is 0 Å². The van der Waals surface area contributed by atoms with Crippen molar-refractivity contribution in [3.8, 4) is 17.0 Å². The Morgan fingerprint density at radius 1 is 0.889 bits per heavy atom. The van der Waals surface area contributed by atoms with Crippen molar-refractivity contribution in [1.29, 1.82) is 0 Å². The van der Waals surface area contributed by atoms with Crippen molar-refractivity contribution in [2.24, 2.45) is 0 Å². The summed E-state index contributed by atoms with van der Waals surface area (Å²) >= 11 is 0. The van der Waals surface area contributed by atoms with Gasteiger partial charge in [0, 0.05) is 17.7 Å². The number of nitro benzene ring substituents is 1. The third kappa shape index (κ3) is 3.74. The maximum Gasteiger partial charge on any atom is 0.269 e. The van der Waals surface area contributed by atoms with Crippen molar-refractivity contribution in [1.82, 2.24) is 9.97 Å². The summed E-state index contributed by atoms with van der Waals surface area (Å²) < 4.78 is 5.75. The molecule has 1 heterocycles. The van der Waals surface area contributed by atoms with E-state index in [-0.39, 0.29) is 5.69 Å². The first-order chi connectivity index (χ1) is 13.2. The van der Waals surface area contributed by atoms with Crippen LogP contribution in [0.1, 0.15) is 5.56 Å². The van der Waals surface area contributed by atoms with Gasteiger partial charge in [0.25, 0.3) is 5.69 Å². The highest BCUT2D eigenvalue weighted by atomic mass is 16.6. The summed E-state index contributed by atoms with van der Waals surface area (Å²) in [5.41, 5.74) is 4.41. The summed E-state index contributed by atoms with van der Waals surface area (Å²) in [6, 6.07) is 21.7. The smallest absolute Gasteiger partial charge is 0.269 e. The van der Waals surface area contributed by atoms with Crippen molar-refractivity contribution in [2.45, 2.75) is 6.61 Å². The minimum atomic E-state index is -0.418. The number of ether oxygens (including phenoxy) is 1. The molecule has 0 aliphatic heterocycles. The van der Waals surface area contributed by atoms with Crippen LogP contribution in [0.5, 0.6) is 5.75 Å². The standard InChI is InChI=1S/C21H15N3O3/c25-24(26)17-9-5-15(6-10-17)14-27-18-11-7-16(8-12-18)21-13-22-19-3-1-2-4-20(19)23-21/h1-13H,14H2. The van der Waals surface area contributed by atoms with E-state index < -0.39 is 4.92 Å². The molecule has 3 aromatic carbocycles. The van der Waals surface area contributed by atoms with Gasteiger partial charge in [-0.25, -0.2) is 4.98 Å². The van der Waals surface area contributed by atoms with Crippen LogP contribution in [0.3, 0.4) is 0 Å². The first-order valence-corrected chi connectivity index (χ1v) is 8.37. The number of aromatic nitrogens is 2.